The number of rotatable bonds is 15. The Morgan fingerprint density at radius 1 is 0.714 bits per heavy atom. The summed E-state index contributed by atoms with van der Waals surface area (Å²) in [6.45, 7) is 6.34. The van der Waals surface area contributed by atoms with E-state index in [2.05, 4.69) is 19.1 Å². The first kappa shape index (κ1) is 20.4. The molecule has 0 aliphatic carbocycles. The van der Waals surface area contributed by atoms with Gasteiger partial charge in [0, 0.05) is 5.41 Å². The monoisotopic (exact) mass is 294 g/mol. The van der Waals surface area contributed by atoms with E-state index in [1.165, 1.54) is 77.0 Å². The molecule has 0 aromatic carbocycles. The lowest BCUT2D eigenvalue weighted by molar-refractivity contribution is -0.115. The zero-order valence-corrected chi connectivity index (χ0v) is 14.8. The predicted molar refractivity (Wildman–Crippen MR) is 94.7 cm³/mol. The summed E-state index contributed by atoms with van der Waals surface area (Å²) >= 11 is 0. The summed E-state index contributed by atoms with van der Waals surface area (Å²) in [6, 6.07) is 0. The maximum atomic E-state index is 10.8. The van der Waals surface area contributed by atoms with Gasteiger partial charge >= 0.3 is 0 Å². The molecule has 0 bridgehead atoms. The molecule has 1 heteroatoms. The number of hydrogen-bond donors (Lipinski definition) is 0. The van der Waals surface area contributed by atoms with Gasteiger partial charge in [0.15, 0.2) is 0 Å². The van der Waals surface area contributed by atoms with Gasteiger partial charge in [-0.15, -0.1) is 0 Å². The Hall–Kier alpha value is -0.590. The molecule has 0 saturated heterocycles. The van der Waals surface area contributed by atoms with Crippen LogP contribution in [0.1, 0.15) is 104 Å². The Morgan fingerprint density at radius 3 is 1.71 bits per heavy atom. The van der Waals surface area contributed by atoms with Gasteiger partial charge in [-0.2, -0.15) is 0 Å². The third-order valence-corrected chi connectivity index (χ3v) is 4.15. The molecule has 0 spiro atoms. The summed E-state index contributed by atoms with van der Waals surface area (Å²) in [7, 11) is 0. The van der Waals surface area contributed by atoms with Crippen LogP contribution in [-0.4, -0.2) is 6.29 Å². The fourth-order valence-electron chi connectivity index (χ4n) is 2.53. The maximum Gasteiger partial charge on any atom is 0.125 e. The van der Waals surface area contributed by atoms with Crippen molar-refractivity contribution in [2.75, 3.05) is 0 Å². The van der Waals surface area contributed by atoms with Crippen LogP contribution in [0.2, 0.25) is 0 Å². The minimum absolute atomic E-state index is 0.114. The first-order valence-corrected chi connectivity index (χ1v) is 9.23. The van der Waals surface area contributed by atoms with E-state index in [0.717, 1.165) is 12.7 Å². The van der Waals surface area contributed by atoms with Gasteiger partial charge in [-0.05, 0) is 32.1 Å². The molecule has 0 fully saturated rings. The van der Waals surface area contributed by atoms with Gasteiger partial charge in [-0.25, -0.2) is 0 Å². The number of unbranched alkanes of at least 4 members (excludes halogenated alkanes) is 10. The van der Waals surface area contributed by atoms with Gasteiger partial charge in [0.2, 0.25) is 0 Å². The van der Waals surface area contributed by atoms with E-state index in [0.29, 0.717) is 0 Å². The van der Waals surface area contributed by atoms with Crippen LogP contribution < -0.4 is 0 Å². The molecular formula is C20H38O. The summed E-state index contributed by atoms with van der Waals surface area (Å²) < 4.78 is 0. The summed E-state index contributed by atoms with van der Waals surface area (Å²) in [4.78, 5) is 10.8. The molecule has 0 aliphatic heterocycles. The summed E-state index contributed by atoms with van der Waals surface area (Å²) in [5, 5.41) is 0. The Bertz CT molecular complexity index is 253. The highest BCUT2D eigenvalue weighted by molar-refractivity contribution is 5.57. The van der Waals surface area contributed by atoms with Crippen molar-refractivity contribution < 1.29 is 4.79 Å². The van der Waals surface area contributed by atoms with Gasteiger partial charge < -0.3 is 4.79 Å². The average molecular weight is 295 g/mol. The van der Waals surface area contributed by atoms with E-state index in [4.69, 9.17) is 0 Å². The van der Waals surface area contributed by atoms with Crippen molar-refractivity contribution in [1.82, 2.24) is 0 Å². The number of carbonyl (C=O) groups is 1. The highest BCUT2D eigenvalue weighted by atomic mass is 16.1. The summed E-state index contributed by atoms with van der Waals surface area (Å²) in [6.07, 6.45) is 22.7. The Morgan fingerprint density at radius 2 is 1.19 bits per heavy atom. The van der Waals surface area contributed by atoms with E-state index in [1.54, 1.807) is 0 Å². The van der Waals surface area contributed by atoms with Gasteiger partial charge in [-0.1, -0.05) is 84.3 Å². The van der Waals surface area contributed by atoms with Crippen LogP contribution in [0.25, 0.3) is 0 Å². The van der Waals surface area contributed by atoms with Crippen LogP contribution >= 0.6 is 0 Å². The van der Waals surface area contributed by atoms with Crippen LogP contribution in [0.5, 0.6) is 0 Å². The molecule has 0 heterocycles. The minimum atomic E-state index is -0.114. The highest BCUT2D eigenvalue weighted by Gasteiger charge is 2.14. The van der Waals surface area contributed by atoms with Gasteiger partial charge in [0.05, 0.1) is 0 Å². The molecule has 124 valence electrons. The van der Waals surface area contributed by atoms with E-state index in [-0.39, 0.29) is 5.41 Å². The van der Waals surface area contributed by atoms with Gasteiger partial charge in [-0.3, -0.25) is 0 Å². The van der Waals surface area contributed by atoms with Gasteiger partial charge in [0.1, 0.15) is 6.29 Å². The van der Waals surface area contributed by atoms with Crippen molar-refractivity contribution in [3.05, 3.63) is 12.2 Å². The van der Waals surface area contributed by atoms with Gasteiger partial charge in [0.25, 0.3) is 0 Å². The molecule has 0 aromatic heterocycles. The first-order valence-electron chi connectivity index (χ1n) is 9.23. The summed E-state index contributed by atoms with van der Waals surface area (Å²) in [5.74, 6) is 0. The maximum absolute atomic E-state index is 10.8. The molecule has 1 nitrogen and oxygen atoms in total. The van der Waals surface area contributed by atoms with E-state index >= 15 is 0 Å². The largest absolute Gasteiger partial charge is 0.303 e. The zero-order chi connectivity index (χ0) is 15.8. The molecular weight excluding hydrogens is 256 g/mol. The highest BCUT2D eigenvalue weighted by Crippen LogP contribution is 2.21. The lowest BCUT2D eigenvalue weighted by Gasteiger charge is -2.15. The lowest BCUT2D eigenvalue weighted by atomic mass is 9.88. The lowest BCUT2D eigenvalue weighted by Crippen LogP contribution is -2.12. The molecule has 0 amide bonds. The molecule has 0 saturated carbocycles. The number of hydrogen-bond acceptors (Lipinski definition) is 1. The molecule has 21 heavy (non-hydrogen) atoms. The van der Waals surface area contributed by atoms with Crippen molar-refractivity contribution in [2.24, 2.45) is 5.41 Å². The molecule has 0 radical (unpaired) electrons. The fraction of sp³-hybridized carbons (Fsp3) is 0.850. The number of allylic oxidation sites excluding steroid dienone is 2. The second-order valence-corrected chi connectivity index (χ2v) is 7.09. The topological polar surface area (TPSA) is 17.1 Å². The van der Waals surface area contributed by atoms with Crippen LogP contribution in [0, 0.1) is 5.41 Å². The third-order valence-electron chi connectivity index (χ3n) is 4.15. The molecule has 0 aromatic rings. The van der Waals surface area contributed by atoms with E-state index in [1.807, 2.05) is 13.8 Å². The van der Waals surface area contributed by atoms with E-state index < -0.39 is 0 Å². The minimum Gasteiger partial charge on any atom is -0.303 e. The first-order chi connectivity index (χ1) is 10.1. The second kappa shape index (κ2) is 14.4. The molecule has 0 atom stereocenters. The Labute approximate surface area is 133 Å². The zero-order valence-electron chi connectivity index (χ0n) is 14.8. The second-order valence-electron chi connectivity index (χ2n) is 7.09. The average Bonchev–Trinajstić information content (AvgIpc) is 2.47. The van der Waals surface area contributed by atoms with Crippen LogP contribution in [-0.2, 0) is 4.79 Å². The van der Waals surface area contributed by atoms with Crippen LogP contribution in [0.15, 0.2) is 12.2 Å². The predicted octanol–water partition coefficient (Wildman–Crippen LogP) is 6.86. The van der Waals surface area contributed by atoms with Crippen LogP contribution in [0.3, 0.4) is 0 Å². The Balaban J connectivity index is 3.20. The fourth-order valence-corrected chi connectivity index (χ4v) is 2.53. The smallest absolute Gasteiger partial charge is 0.125 e. The quantitative estimate of drug-likeness (QED) is 0.183. The van der Waals surface area contributed by atoms with Crippen molar-refractivity contribution in [1.29, 1.82) is 0 Å². The van der Waals surface area contributed by atoms with Crippen molar-refractivity contribution in [3.63, 3.8) is 0 Å². The molecule has 0 aliphatic rings. The van der Waals surface area contributed by atoms with Crippen molar-refractivity contribution in [3.8, 4) is 0 Å². The number of carbonyl (C=O) groups excluding carboxylic acids is 1. The van der Waals surface area contributed by atoms with E-state index in [9.17, 15) is 4.79 Å². The molecule has 0 unspecified atom stereocenters. The standard InChI is InChI=1S/C20H38O/c1-4-5-6-7-8-9-10-11-12-13-14-15-16-17-18-20(2,3)19-21/h11-12,19H,4-10,13-18H2,1-3H3/b12-11-. The Kier molecular flexibility index (Phi) is 13.9. The summed E-state index contributed by atoms with van der Waals surface area (Å²) in [5.41, 5.74) is -0.114. The third kappa shape index (κ3) is 15.6. The SMILES string of the molecule is CCCCCCCC/C=C\CCCCCCC(C)(C)C=O. The molecule has 0 N–H and O–H groups in total. The normalized spacial score (nSPS) is 12.1. The van der Waals surface area contributed by atoms with Crippen molar-refractivity contribution >= 4 is 6.29 Å². The van der Waals surface area contributed by atoms with Crippen LogP contribution in [0.4, 0.5) is 0 Å². The molecule has 0 rings (SSSR count). The number of aldehydes is 1. The van der Waals surface area contributed by atoms with Crippen molar-refractivity contribution in [2.45, 2.75) is 104 Å².